The van der Waals surface area contributed by atoms with Crippen molar-refractivity contribution < 1.29 is 4.92 Å². The number of benzene rings is 1. The maximum Gasteiger partial charge on any atom is 0.269 e. The third-order valence-corrected chi connectivity index (χ3v) is 5.30. The molecule has 3 rings (SSSR count). The van der Waals surface area contributed by atoms with E-state index in [2.05, 4.69) is 31.8 Å². The van der Waals surface area contributed by atoms with E-state index in [0.717, 1.165) is 41.6 Å². The fourth-order valence-electron chi connectivity index (χ4n) is 3.70. The first-order chi connectivity index (χ1) is 12.2. The summed E-state index contributed by atoms with van der Waals surface area (Å²) in [6.45, 7) is 6.68. The Kier molecular flexibility index (Phi) is 4.41. The minimum absolute atomic E-state index is 0.0238. The number of anilines is 1. The van der Waals surface area contributed by atoms with Gasteiger partial charge >= 0.3 is 0 Å². The molecule has 6 nitrogen and oxygen atoms in total. The second-order valence-corrected chi connectivity index (χ2v) is 7.89. The number of nitro benzene ring substituents is 1. The highest BCUT2D eigenvalue weighted by molar-refractivity contribution is 5.79. The monoisotopic (exact) mass is 350 g/mol. The summed E-state index contributed by atoms with van der Waals surface area (Å²) in [6.07, 6.45) is 2.69. The molecule has 1 aliphatic rings. The van der Waals surface area contributed by atoms with Crippen molar-refractivity contribution in [3.8, 4) is 17.2 Å². The minimum atomic E-state index is -0.430. The number of aromatic nitrogens is 1. The van der Waals surface area contributed by atoms with Crippen LogP contribution in [0.2, 0.25) is 0 Å². The van der Waals surface area contributed by atoms with Crippen molar-refractivity contribution in [2.45, 2.75) is 40.0 Å². The number of hydrogen-bond acceptors (Lipinski definition) is 5. The number of nitro groups is 1. The first kappa shape index (κ1) is 17.9. The van der Waals surface area contributed by atoms with Crippen LogP contribution in [-0.2, 0) is 12.8 Å². The number of nitriles is 1. The number of rotatable bonds is 2. The molecule has 1 aromatic heterocycles. The molecule has 1 atom stereocenters. The summed E-state index contributed by atoms with van der Waals surface area (Å²) in [5.74, 6) is 0.706. The van der Waals surface area contributed by atoms with Crippen LogP contribution in [0.1, 0.15) is 44.0 Å². The molecule has 0 fully saturated rings. The standard InChI is InChI=1S/C20H22N4O2/c1-20(2,3)13-6-9-17-15(10-13)18(16(11-21)19(22)23-17)12-4-7-14(8-5-12)24(25)26/h4-5,7-8,13H,6,9-10H2,1-3H3,(H2,22,23)/t13-/m1/s1. The van der Waals surface area contributed by atoms with Crippen LogP contribution >= 0.6 is 0 Å². The van der Waals surface area contributed by atoms with Crippen LogP contribution in [0, 0.1) is 32.8 Å². The molecule has 26 heavy (non-hydrogen) atoms. The summed E-state index contributed by atoms with van der Waals surface area (Å²) >= 11 is 0. The Bertz CT molecular complexity index is 905. The van der Waals surface area contributed by atoms with Gasteiger partial charge < -0.3 is 5.73 Å². The average Bonchev–Trinajstić information content (AvgIpc) is 2.59. The molecule has 0 radical (unpaired) electrons. The molecule has 1 heterocycles. The van der Waals surface area contributed by atoms with E-state index in [1.807, 2.05) is 0 Å². The van der Waals surface area contributed by atoms with E-state index in [4.69, 9.17) is 5.73 Å². The van der Waals surface area contributed by atoms with Gasteiger partial charge in [-0.2, -0.15) is 5.26 Å². The summed E-state index contributed by atoms with van der Waals surface area (Å²) in [5.41, 5.74) is 10.1. The van der Waals surface area contributed by atoms with Gasteiger partial charge in [0.25, 0.3) is 5.69 Å². The van der Waals surface area contributed by atoms with Crippen molar-refractivity contribution in [3.63, 3.8) is 0 Å². The van der Waals surface area contributed by atoms with E-state index in [1.165, 1.54) is 12.1 Å². The lowest BCUT2D eigenvalue weighted by Crippen LogP contribution is -2.28. The van der Waals surface area contributed by atoms with Gasteiger partial charge in [-0.1, -0.05) is 20.8 Å². The van der Waals surface area contributed by atoms with Gasteiger partial charge in [-0.05, 0) is 53.9 Å². The molecule has 0 aliphatic heterocycles. The molecule has 1 aliphatic carbocycles. The van der Waals surface area contributed by atoms with Crippen molar-refractivity contribution in [2.24, 2.45) is 11.3 Å². The molecule has 2 aromatic rings. The van der Waals surface area contributed by atoms with Crippen LogP contribution in [0.4, 0.5) is 11.5 Å². The zero-order valence-electron chi connectivity index (χ0n) is 15.2. The second-order valence-electron chi connectivity index (χ2n) is 7.89. The summed E-state index contributed by atoms with van der Waals surface area (Å²) in [6, 6.07) is 8.48. The van der Waals surface area contributed by atoms with Crippen LogP contribution in [-0.4, -0.2) is 9.91 Å². The molecule has 0 amide bonds. The zero-order chi connectivity index (χ0) is 19.1. The number of nitrogen functional groups attached to an aromatic ring is 1. The predicted molar refractivity (Wildman–Crippen MR) is 100 cm³/mol. The Balaban J connectivity index is 2.19. The lowest BCUT2D eigenvalue weighted by Gasteiger charge is -2.35. The van der Waals surface area contributed by atoms with Crippen LogP contribution in [0.15, 0.2) is 24.3 Å². The largest absolute Gasteiger partial charge is 0.383 e. The van der Waals surface area contributed by atoms with Crippen molar-refractivity contribution in [1.29, 1.82) is 5.26 Å². The molecular weight excluding hydrogens is 328 g/mol. The van der Waals surface area contributed by atoms with Crippen LogP contribution < -0.4 is 5.73 Å². The molecule has 0 spiro atoms. The number of aryl methyl sites for hydroxylation is 1. The van der Waals surface area contributed by atoms with Crippen molar-refractivity contribution >= 4 is 11.5 Å². The fraction of sp³-hybridized carbons (Fsp3) is 0.400. The Labute approximate surface area is 152 Å². The van der Waals surface area contributed by atoms with E-state index in [0.29, 0.717) is 11.5 Å². The SMILES string of the molecule is CC(C)(C)[C@@H]1CCc2nc(N)c(C#N)c(-c3ccc([N+](=O)[O-])cc3)c2C1. The molecular formula is C20H22N4O2. The average molecular weight is 350 g/mol. The van der Waals surface area contributed by atoms with Crippen molar-refractivity contribution in [3.05, 3.63) is 51.2 Å². The Morgan fingerprint density at radius 3 is 2.50 bits per heavy atom. The van der Waals surface area contributed by atoms with Gasteiger partial charge in [-0.3, -0.25) is 10.1 Å². The van der Waals surface area contributed by atoms with E-state index in [9.17, 15) is 15.4 Å². The highest BCUT2D eigenvalue weighted by atomic mass is 16.6. The van der Waals surface area contributed by atoms with Gasteiger partial charge in [0.2, 0.25) is 0 Å². The summed E-state index contributed by atoms with van der Waals surface area (Å²) in [5, 5.41) is 20.6. The smallest absolute Gasteiger partial charge is 0.269 e. The normalized spacial score (nSPS) is 16.6. The number of fused-ring (bicyclic) bond motifs is 1. The molecule has 6 heteroatoms. The Morgan fingerprint density at radius 2 is 1.96 bits per heavy atom. The van der Waals surface area contributed by atoms with Crippen LogP contribution in [0.3, 0.4) is 0 Å². The number of non-ortho nitro benzene ring substituents is 1. The number of nitrogens with zero attached hydrogens (tertiary/aromatic N) is 3. The van der Waals surface area contributed by atoms with E-state index < -0.39 is 4.92 Å². The zero-order valence-corrected chi connectivity index (χ0v) is 15.2. The van der Waals surface area contributed by atoms with Gasteiger partial charge in [0.1, 0.15) is 17.5 Å². The van der Waals surface area contributed by atoms with Gasteiger partial charge in [0.05, 0.1) is 4.92 Å². The quantitative estimate of drug-likeness (QED) is 0.643. The van der Waals surface area contributed by atoms with Crippen LogP contribution in [0.25, 0.3) is 11.1 Å². The summed E-state index contributed by atoms with van der Waals surface area (Å²) in [7, 11) is 0. The third kappa shape index (κ3) is 3.13. The van der Waals surface area contributed by atoms with Crippen molar-refractivity contribution in [1.82, 2.24) is 4.98 Å². The highest BCUT2D eigenvalue weighted by Gasteiger charge is 2.32. The molecule has 1 aromatic carbocycles. The predicted octanol–water partition coefficient (Wildman–Crippen LogP) is 4.26. The first-order valence-corrected chi connectivity index (χ1v) is 8.68. The number of pyridine rings is 1. The number of nitrogens with two attached hydrogens (primary N) is 1. The third-order valence-electron chi connectivity index (χ3n) is 5.30. The maximum absolute atomic E-state index is 10.9. The van der Waals surface area contributed by atoms with Gasteiger partial charge in [-0.15, -0.1) is 0 Å². The summed E-state index contributed by atoms with van der Waals surface area (Å²) in [4.78, 5) is 15.0. The second kappa shape index (κ2) is 6.41. The molecule has 0 bridgehead atoms. The van der Waals surface area contributed by atoms with Crippen LogP contribution in [0.5, 0.6) is 0 Å². The molecule has 0 saturated heterocycles. The molecule has 0 unspecified atom stereocenters. The lowest BCUT2D eigenvalue weighted by molar-refractivity contribution is -0.384. The molecule has 134 valence electrons. The van der Waals surface area contributed by atoms with Gasteiger partial charge in [-0.25, -0.2) is 4.98 Å². The van der Waals surface area contributed by atoms with E-state index in [1.54, 1.807) is 12.1 Å². The maximum atomic E-state index is 10.9. The minimum Gasteiger partial charge on any atom is -0.383 e. The van der Waals surface area contributed by atoms with Crippen molar-refractivity contribution in [2.75, 3.05) is 5.73 Å². The summed E-state index contributed by atoms with van der Waals surface area (Å²) < 4.78 is 0. The van der Waals surface area contributed by atoms with Gasteiger partial charge in [0.15, 0.2) is 0 Å². The molecule has 0 saturated carbocycles. The Hall–Kier alpha value is -2.94. The highest BCUT2D eigenvalue weighted by Crippen LogP contribution is 2.42. The fourth-order valence-corrected chi connectivity index (χ4v) is 3.70. The molecule has 2 N–H and O–H groups in total. The van der Waals surface area contributed by atoms with E-state index in [-0.39, 0.29) is 16.9 Å². The van der Waals surface area contributed by atoms with E-state index >= 15 is 0 Å². The Morgan fingerprint density at radius 1 is 1.31 bits per heavy atom. The lowest BCUT2D eigenvalue weighted by atomic mass is 9.70. The number of hydrogen-bond donors (Lipinski definition) is 1. The van der Waals surface area contributed by atoms with Gasteiger partial charge in [0, 0.05) is 23.4 Å². The topological polar surface area (TPSA) is 106 Å². The first-order valence-electron chi connectivity index (χ1n) is 8.68.